The van der Waals surface area contributed by atoms with E-state index >= 15 is 0 Å². The van der Waals surface area contributed by atoms with Gasteiger partial charge in [0.25, 0.3) is 5.91 Å². The van der Waals surface area contributed by atoms with Crippen LogP contribution in [0.4, 0.5) is 5.69 Å². The molecule has 0 aromatic heterocycles. The Bertz CT molecular complexity index is 2650. The molecule has 1 saturated carbocycles. The molecule has 4 heterocycles. The van der Waals surface area contributed by atoms with E-state index in [1.807, 2.05) is 61.9 Å². The Labute approximate surface area is 417 Å². The molecule has 2 aromatic rings. The van der Waals surface area contributed by atoms with Gasteiger partial charge in [-0.1, -0.05) is 6.07 Å². The first kappa shape index (κ1) is 54.4. The lowest BCUT2D eigenvalue weighted by Gasteiger charge is -2.47. The van der Waals surface area contributed by atoms with Crippen LogP contribution in [0.1, 0.15) is 27.1 Å². The van der Waals surface area contributed by atoms with Crippen LogP contribution in [0.2, 0.25) is 0 Å². The van der Waals surface area contributed by atoms with Crippen molar-refractivity contribution in [2.24, 2.45) is 22.9 Å². The quantitative estimate of drug-likeness (QED) is 0.0413. The van der Waals surface area contributed by atoms with Crippen LogP contribution in [0.5, 0.6) is 0 Å². The topological polar surface area (TPSA) is 410 Å². The van der Waals surface area contributed by atoms with E-state index in [0.717, 1.165) is 11.0 Å². The van der Waals surface area contributed by atoms with E-state index in [-0.39, 0.29) is 23.1 Å². The van der Waals surface area contributed by atoms with Gasteiger partial charge in [-0.05, 0) is 42.3 Å². The number of carbonyl (C=O) groups is 2. The number of hydrogen-bond donors (Lipinski definition) is 13. The normalized spacial score (nSPS) is 35.8. The molecule has 25 heteroatoms. The van der Waals surface area contributed by atoms with Gasteiger partial charge >= 0.3 is 0 Å². The highest BCUT2D eigenvalue weighted by Gasteiger charge is 2.54. The molecule has 400 valence electrons. The van der Waals surface area contributed by atoms with Crippen molar-refractivity contribution in [2.45, 2.75) is 123 Å². The summed E-state index contributed by atoms with van der Waals surface area (Å²) in [5.74, 6) is -1.78. The molecule has 73 heavy (non-hydrogen) atoms. The number of benzene rings is 3. The van der Waals surface area contributed by atoms with Crippen LogP contribution in [0.15, 0.2) is 59.0 Å². The van der Waals surface area contributed by atoms with Crippen molar-refractivity contribution in [3.05, 3.63) is 71.1 Å². The van der Waals surface area contributed by atoms with Gasteiger partial charge in [-0.15, -0.1) is 0 Å². The van der Waals surface area contributed by atoms with Crippen LogP contribution in [0.3, 0.4) is 0 Å². The maximum atomic E-state index is 14.0. The van der Waals surface area contributed by atoms with Gasteiger partial charge in [-0.3, -0.25) is 4.79 Å². The van der Waals surface area contributed by atoms with Crippen LogP contribution < -0.4 is 48.2 Å². The number of carbonyl (C=O) groups excluding carboxylic acids is 2. The van der Waals surface area contributed by atoms with Gasteiger partial charge in [-0.25, -0.2) is 4.58 Å². The molecule has 2 aliphatic carbocycles. The molecule has 8 rings (SSSR count). The van der Waals surface area contributed by atoms with Crippen LogP contribution in [0, 0.1) is 0 Å². The third kappa shape index (κ3) is 10.7. The number of anilines is 1. The summed E-state index contributed by atoms with van der Waals surface area (Å²) in [6.45, 7) is -1.93. The number of nitrogens with two attached hydrogens (primary N) is 4. The molecule has 0 spiro atoms. The fourth-order valence-electron chi connectivity index (χ4n) is 9.75. The van der Waals surface area contributed by atoms with E-state index in [4.69, 9.17) is 55.8 Å². The second-order valence-electron chi connectivity index (χ2n) is 19.3. The number of nitrogens with zero attached hydrogens (tertiary/aromatic N) is 2. The van der Waals surface area contributed by atoms with Gasteiger partial charge < -0.3 is 117 Å². The van der Waals surface area contributed by atoms with Crippen LogP contribution >= 0.6 is 0 Å². The molecular weight excluding hydrogens is 963 g/mol. The lowest BCUT2D eigenvalue weighted by molar-refractivity contribution is -0.310. The van der Waals surface area contributed by atoms with E-state index in [0.29, 0.717) is 27.9 Å². The summed E-state index contributed by atoms with van der Waals surface area (Å²) in [6.07, 6.45) is -23.0. The highest BCUT2D eigenvalue weighted by atomic mass is 16.8. The van der Waals surface area contributed by atoms with Crippen LogP contribution in [-0.4, -0.2) is 217 Å². The van der Waals surface area contributed by atoms with Crippen molar-refractivity contribution in [3.63, 3.8) is 0 Å². The van der Waals surface area contributed by atoms with E-state index < -0.39 is 148 Å². The molecule has 17 N–H and O–H groups in total. The number of nitrogens with one attached hydrogen (secondary N) is 1. The van der Waals surface area contributed by atoms with Crippen molar-refractivity contribution in [2.75, 3.05) is 52.8 Å². The number of ether oxygens (including phenoxy) is 6. The summed E-state index contributed by atoms with van der Waals surface area (Å²) in [5, 5.41) is 103. The zero-order valence-electron chi connectivity index (χ0n) is 40.4. The Morgan fingerprint density at radius 3 is 1.95 bits per heavy atom. The van der Waals surface area contributed by atoms with E-state index in [2.05, 4.69) is 5.32 Å². The number of aliphatic hydroxyl groups is 8. The Kier molecular flexibility index (Phi) is 16.5. The van der Waals surface area contributed by atoms with Gasteiger partial charge in [0.05, 0.1) is 43.4 Å². The predicted molar refractivity (Wildman–Crippen MR) is 254 cm³/mol. The number of carboxylic acids is 1. The zero-order valence-corrected chi connectivity index (χ0v) is 40.4. The maximum Gasteiger partial charge on any atom is 0.251 e. The average Bonchev–Trinajstić information content (AvgIpc) is 3.66. The van der Waals surface area contributed by atoms with Crippen LogP contribution in [-0.2, 0) is 28.4 Å². The van der Waals surface area contributed by atoms with Crippen molar-refractivity contribution in [3.8, 4) is 22.5 Å². The third-order valence-corrected chi connectivity index (χ3v) is 14.0. The lowest BCUT2D eigenvalue weighted by Crippen LogP contribution is -2.68. The number of fused-ring (bicyclic) bond motifs is 2. The number of hydrogen-bond acceptors (Lipinski definition) is 23. The minimum absolute atomic E-state index is 0.000494. The monoisotopic (exact) mass is 1030 g/mol. The van der Waals surface area contributed by atoms with Crippen molar-refractivity contribution < 1.29 is 88.4 Å². The van der Waals surface area contributed by atoms with E-state index in [1.165, 1.54) is 18.2 Å². The van der Waals surface area contributed by atoms with Crippen molar-refractivity contribution in [1.29, 1.82) is 0 Å². The molecule has 0 unspecified atom stereocenters. The molecule has 2 aromatic carbocycles. The molecule has 1 amide bonds. The Morgan fingerprint density at radius 1 is 0.699 bits per heavy atom. The second-order valence-corrected chi connectivity index (χ2v) is 19.3. The van der Waals surface area contributed by atoms with Gasteiger partial charge in [0, 0.05) is 78.2 Å². The summed E-state index contributed by atoms with van der Waals surface area (Å²) in [5.41, 5.74) is 27.2. The Hall–Kier alpha value is -4.85. The average molecular weight is 1030 g/mol. The molecule has 25 nitrogen and oxygen atoms in total. The number of aliphatic hydroxyl groups excluding tert-OH is 8. The number of amides is 1. The number of rotatable bonds is 14. The molecule has 0 bridgehead atoms. The van der Waals surface area contributed by atoms with Crippen molar-refractivity contribution in [1.82, 2.24) is 9.89 Å². The highest BCUT2D eigenvalue weighted by molar-refractivity contribution is 6.09. The first-order chi connectivity index (χ1) is 34.6. The highest BCUT2D eigenvalue weighted by Crippen LogP contribution is 2.43. The SMILES string of the molecule is CN(C)c1ccc2c(-c3cc(C(=O)NC[C@@H]4O[C@H](O[C@@H]5[C@H](O)[C@@H](O[C@@H]6[C@@H](O)[C@H](N)C[C@H](N)[C@H]6O[C@H]6O[C@@H](CO)[C@H](O)[C@@H](O)[C@@H]6N)O[C@H]5CO)[C@H](N)[C@@H](O)[C@@H]4O)ccc3C(=O)[O-])c3ccc(=[N+](C)C)cc-3oc2c1. The lowest BCUT2D eigenvalue weighted by atomic mass is 9.84. The molecule has 3 saturated heterocycles. The summed E-state index contributed by atoms with van der Waals surface area (Å²) in [4.78, 5) is 28.6. The minimum atomic E-state index is -1.78. The third-order valence-electron chi connectivity index (χ3n) is 14.0. The van der Waals surface area contributed by atoms with E-state index in [1.54, 1.807) is 12.1 Å². The van der Waals surface area contributed by atoms with Gasteiger partial charge in [0.1, 0.15) is 92.6 Å². The summed E-state index contributed by atoms with van der Waals surface area (Å²) in [6, 6.07) is 10.1. The van der Waals surface area contributed by atoms with Crippen molar-refractivity contribution >= 4 is 28.5 Å². The largest absolute Gasteiger partial charge is 0.545 e. The first-order valence-electron chi connectivity index (χ1n) is 23.7. The first-order valence-corrected chi connectivity index (χ1v) is 23.7. The minimum Gasteiger partial charge on any atom is -0.545 e. The van der Waals surface area contributed by atoms with Gasteiger partial charge in [-0.2, -0.15) is 0 Å². The predicted octanol–water partition coefficient (Wildman–Crippen LogP) is -6.41. The maximum absolute atomic E-state index is 14.0. The summed E-state index contributed by atoms with van der Waals surface area (Å²) >= 11 is 0. The zero-order chi connectivity index (χ0) is 52.9. The molecule has 6 aliphatic rings. The molecule has 4 aliphatic heterocycles. The fourth-order valence-corrected chi connectivity index (χ4v) is 9.75. The molecule has 4 fully saturated rings. The Morgan fingerprint density at radius 2 is 1.32 bits per heavy atom. The van der Waals surface area contributed by atoms with Crippen LogP contribution in [0.25, 0.3) is 33.4 Å². The van der Waals surface area contributed by atoms with Gasteiger partial charge in [0.15, 0.2) is 18.9 Å². The standard InChI is InChI=1S/C48H65N7O18/c1-54(2)19-6-9-22-27(12-19)67-28-13-20(55(3)4)7-10-23(28)32(22)24-11-18(5-8-21(24)45(65)66)44(64)53-15-29-36(59)38(61)33(51)46(68-29)72-42-31(17-57)70-48(40(42)63)73-43-35(58)25(49)14-26(50)41(43)71-47-34(52)39(62)37(60)30(16-56)69-47/h5-13,25-26,29-31,33-43,46-48,56-63H,14-17,49-52H2,1-4H3,(H-,53,64,65,66)/t25-,26+,29+,30+,31+,33-,34+,35+,36-,37+,38-,39+,40+,41-,42+,43-,46-,47-,48-/m1/s1. The summed E-state index contributed by atoms with van der Waals surface area (Å²) in [7, 11) is 7.47. The second kappa shape index (κ2) is 22.2. The molecule has 0 radical (unpaired) electrons. The number of aromatic carboxylic acids is 1. The molecule has 19 atom stereocenters. The smallest absolute Gasteiger partial charge is 0.251 e. The fraction of sp³-hybridized carbons (Fsp3) is 0.562. The molecular formula is C48H65N7O18. The Balaban J connectivity index is 0.997. The van der Waals surface area contributed by atoms with Gasteiger partial charge in [0.2, 0.25) is 5.36 Å². The number of carboxylic acid groups (broad SMARTS) is 1. The van der Waals surface area contributed by atoms with E-state index in [9.17, 15) is 55.5 Å². The summed E-state index contributed by atoms with van der Waals surface area (Å²) < 4.78 is 43.9.